The van der Waals surface area contributed by atoms with E-state index < -0.39 is 17.5 Å². The van der Waals surface area contributed by atoms with Crippen LogP contribution in [0.25, 0.3) is 0 Å². The average molecular weight is 450 g/mol. The van der Waals surface area contributed by atoms with Crippen molar-refractivity contribution < 1.29 is 22.7 Å². The summed E-state index contributed by atoms with van der Waals surface area (Å²) in [6, 6.07) is 0.0146. The normalized spacial score (nSPS) is 18.3. The molecule has 1 aliphatic heterocycles. The summed E-state index contributed by atoms with van der Waals surface area (Å²) in [5, 5.41) is 7.87. The molecule has 2 rings (SSSR count). The number of ether oxygens (including phenoxy) is 1. The number of nitrogens with zero attached hydrogens (tertiary/aromatic N) is 3. The summed E-state index contributed by atoms with van der Waals surface area (Å²) in [4.78, 5) is 22.1. The lowest BCUT2D eigenvalue weighted by Gasteiger charge is -2.35. The summed E-state index contributed by atoms with van der Waals surface area (Å²) in [6.45, 7) is 9.53. The second kappa shape index (κ2) is 10.3. The van der Waals surface area contributed by atoms with Crippen molar-refractivity contribution in [2.75, 3.05) is 26.2 Å². The van der Waals surface area contributed by atoms with Gasteiger partial charge in [0.15, 0.2) is 11.7 Å². The number of carbonyl (C=O) groups excluding carboxylic acids is 1. The zero-order chi connectivity index (χ0) is 22.4. The summed E-state index contributed by atoms with van der Waals surface area (Å²) < 4.78 is 43.4. The quantitative estimate of drug-likeness (QED) is 0.530. The smallest absolute Gasteiger partial charge is 0.434 e. The van der Waals surface area contributed by atoms with Crippen LogP contribution in [0.4, 0.5) is 18.0 Å². The Morgan fingerprint density at radius 2 is 2.13 bits per heavy atom. The van der Waals surface area contributed by atoms with Crippen molar-refractivity contribution in [3.05, 3.63) is 16.1 Å². The van der Waals surface area contributed by atoms with Crippen LogP contribution in [0.1, 0.15) is 51.2 Å². The Bertz CT molecular complexity index is 730. The molecule has 1 aromatic rings. The zero-order valence-electron chi connectivity index (χ0n) is 17.8. The van der Waals surface area contributed by atoms with E-state index in [-0.39, 0.29) is 12.1 Å². The number of aliphatic imine (C=N–C) groups is 1. The van der Waals surface area contributed by atoms with E-state index in [2.05, 4.69) is 20.6 Å². The Balaban J connectivity index is 1.90. The van der Waals surface area contributed by atoms with Crippen molar-refractivity contribution >= 4 is 23.4 Å². The van der Waals surface area contributed by atoms with Gasteiger partial charge in [-0.1, -0.05) is 0 Å². The van der Waals surface area contributed by atoms with E-state index >= 15 is 0 Å². The van der Waals surface area contributed by atoms with Gasteiger partial charge in [-0.05, 0) is 40.5 Å². The van der Waals surface area contributed by atoms with Crippen LogP contribution in [0.2, 0.25) is 0 Å². The zero-order valence-corrected chi connectivity index (χ0v) is 18.6. The highest BCUT2D eigenvalue weighted by Gasteiger charge is 2.33. The van der Waals surface area contributed by atoms with Crippen molar-refractivity contribution in [3.63, 3.8) is 0 Å². The molecule has 30 heavy (non-hydrogen) atoms. The van der Waals surface area contributed by atoms with Gasteiger partial charge in [0.05, 0.1) is 5.01 Å². The van der Waals surface area contributed by atoms with E-state index in [0.29, 0.717) is 43.6 Å². The van der Waals surface area contributed by atoms with Crippen LogP contribution in [-0.2, 0) is 17.3 Å². The predicted molar refractivity (Wildman–Crippen MR) is 111 cm³/mol. The molecule has 2 N–H and O–H groups in total. The molecule has 1 unspecified atom stereocenters. The number of amides is 1. The number of likely N-dealkylation sites (tertiary alicyclic amines) is 1. The number of hydrogen-bond acceptors (Lipinski definition) is 5. The first-order valence-corrected chi connectivity index (χ1v) is 10.9. The molecule has 11 heteroatoms. The molecule has 170 valence electrons. The lowest BCUT2D eigenvalue weighted by Crippen LogP contribution is -2.53. The highest BCUT2D eigenvalue weighted by molar-refractivity contribution is 7.09. The van der Waals surface area contributed by atoms with Crippen LogP contribution in [0.15, 0.2) is 10.4 Å². The van der Waals surface area contributed by atoms with Gasteiger partial charge in [0.2, 0.25) is 0 Å². The molecule has 1 saturated heterocycles. The van der Waals surface area contributed by atoms with Gasteiger partial charge in [0.25, 0.3) is 0 Å². The van der Waals surface area contributed by atoms with E-state index in [0.717, 1.165) is 29.6 Å². The van der Waals surface area contributed by atoms with Crippen molar-refractivity contribution in [1.29, 1.82) is 0 Å². The van der Waals surface area contributed by atoms with Gasteiger partial charge in [-0.2, -0.15) is 13.2 Å². The number of thiazole rings is 1. The Morgan fingerprint density at radius 3 is 2.73 bits per heavy atom. The Labute approximate surface area is 179 Å². The SMILES string of the molecule is CCNC(=NCCc1nc(C(F)(F)F)cs1)NC1CCCN(C(=O)OC(C)(C)C)C1. The molecular formula is C19H30F3N5O2S. The van der Waals surface area contributed by atoms with Crippen molar-refractivity contribution in [3.8, 4) is 0 Å². The van der Waals surface area contributed by atoms with Crippen molar-refractivity contribution in [2.45, 2.75) is 64.8 Å². The van der Waals surface area contributed by atoms with Crippen molar-refractivity contribution in [2.24, 2.45) is 4.99 Å². The molecule has 2 heterocycles. The molecule has 0 bridgehead atoms. The third kappa shape index (κ3) is 8.00. The average Bonchev–Trinajstić information content (AvgIpc) is 3.10. The number of piperidine rings is 1. The molecular weight excluding hydrogens is 419 g/mol. The number of aromatic nitrogens is 1. The van der Waals surface area contributed by atoms with E-state index in [1.54, 1.807) is 4.90 Å². The Hall–Kier alpha value is -2.04. The fraction of sp³-hybridized carbons (Fsp3) is 0.737. The molecule has 1 aliphatic rings. The predicted octanol–water partition coefficient (Wildman–Crippen LogP) is 3.66. The monoisotopic (exact) mass is 449 g/mol. The highest BCUT2D eigenvalue weighted by atomic mass is 32.1. The summed E-state index contributed by atoms with van der Waals surface area (Å²) in [6.07, 6.45) is -2.71. The van der Waals surface area contributed by atoms with Gasteiger partial charge < -0.3 is 20.3 Å². The number of carbonyl (C=O) groups is 1. The van der Waals surface area contributed by atoms with Crippen LogP contribution in [0.3, 0.4) is 0 Å². The second-order valence-electron chi connectivity index (χ2n) is 8.04. The minimum atomic E-state index is -4.42. The lowest BCUT2D eigenvalue weighted by molar-refractivity contribution is -0.140. The molecule has 0 aromatic carbocycles. The Morgan fingerprint density at radius 1 is 1.40 bits per heavy atom. The van der Waals surface area contributed by atoms with Gasteiger partial charge in [0, 0.05) is 44.0 Å². The molecule has 0 saturated carbocycles. The highest BCUT2D eigenvalue weighted by Crippen LogP contribution is 2.30. The number of alkyl halides is 3. The van der Waals surface area contributed by atoms with Crippen molar-refractivity contribution in [1.82, 2.24) is 20.5 Å². The number of rotatable bonds is 5. The molecule has 1 aromatic heterocycles. The minimum absolute atomic E-state index is 0.0146. The van der Waals surface area contributed by atoms with E-state index in [1.807, 2.05) is 27.7 Å². The maximum absolute atomic E-state index is 12.7. The number of hydrogen-bond donors (Lipinski definition) is 2. The first-order chi connectivity index (χ1) is 14.0. The molecule has 0 aliphatic carbocycles. The first-order valence-electron chi connectivity index (χ1n) is 10.0. The number of guanidine groups is 1. The fourth-order valence-corrected chi connectivity index (χ4v) is 3.71. The molecule has 0 spiro atoms. The topological polar surface area (TPSA) is 78.9 Å². The molecule has 1 fully saturated rings. The largest absolute Gasteiger partial charge is 0.444 e. The van der Waals surface area contributed by atoms with E-state index in [9.17, 15) is 18.0 Å². The van der Waals surface area contributed by atoms with Crippen LogP contribution in [0.5, 0.6) is 0 Å². The van der Waals surface area contributed by atoms with Crippen LogP contribution in [0, 0.1) is 0 Å². The molecule has 0 radical (unpaired) electrons. The standard InChI is InChI=1S/C19H30F3N5O2S/c1-5-23-16(24-9-8-15-26-14(12-30-15)19(20,21)22)25-13-7-6-10-27(11-13)17(28)29-18(2,3)4/h12-13H,5-11H2,1-4H3,(H2,23,24,25). The molecule has 7 nitrogen and oxygen atoms in total. The molecule has 1 amide bonds. The van der Waals surface area contributed by atoms with Crippen LogP contribution >= 0.6 is 11.3 Å². The van der Waals surface area contributed by atoms with Gasteiger partial charge >= 0.3 is 12.3 Å². The van der Waals surface area contributed by atoms with E-state index in [1.165, 1.54) is 0 Å². The van der Waals surface area contributed by atoms with Crippen LogP contribution < -0.4 is 10.6 Å². The fourth-order valence-electron chi connectivity index (χ4n) is 2.92. The summed E-state index contributed by atoms with van der Waals surface area (Å²) in [5.74, 6) is 0.570. The maximum Gasteiger partial charge on any atom is 0.434 e. The first kappa shape index (κ1) is 24.2. The van der Waals surface area contributed by atoms with Gasteiger partial charge in [-0.3, -0.25) is 4.99 Å². The third-order valence-corrected chi connectivity index (χ3v) is 5.10. The number of halogens is 3. The summed E-state index contributed by atoms with van der Waals surface area (Å²) in [5.41, 5.74) is -1.41. The molecule has 1 atom stereocenters. The maximum atomic E-state index is 12.7. The third-order valence-electron chi connectivity index (χ3n) is 4.20. The van der Waals surface area contributed by atoms with E-state index in [4.69, 9.17) is 4.74 Å². The summed E-state index contributed by atoms with van der Waals surface area (Å²) in [7, 11) is 0. The lowest BCUT2D eigenvalue weighted by atomic mass is 10.1. The Kier molecular flexibility index (Phi) is 8.34. The van der Waals surface area contributed by atoms with Gasteiger partial charge in [-0.25, -0.2) is 9.78 Å². The number of nitrogens with one attached hydrogen (secondary N) is 2. The van der Waals surface area contributed by atoms with Crippen LogP contribution in [-0.4, -0.2) is 59.8 Å². The van der Waals surface area contributed by atoms with Gasteiger partial charge in [0.1, 0.15) is 5.60 Å². The summed E-state index contributed by atoms with van der Waals surface area (Å²) >= 11 is 0.986. The van der Waals surface area contributed by atoms with Gasteiger partial charge in [-0.15, -0.1) is 11.3 Å². The second-order valence-corrected chi connectivity index (χ2v) is 8.99. The minimum Gasteiger partial charge on any atom is -0.444 e.